The van der Waals surface area contributed by atoms with Crippen LogP contribution in [0.2, 0.25) is 0 Å². The molecule has 2 aliphatic heterocycles. The maximum Gasteiger partial charge on any atom is 0.223 e. The van der Waals surface area contributed by atoms with Gasteiger partial charge in [-0.15, -0.1) is 11.8 Å². The molecule has 0 bridgehead atoms. The molecule has 0 aromatic heterocycles. The van der Waals surface area contributed by atoms with Gasteiger partial charge in [-0.25, -0.2) is 0 Å². The van der Waals surface area contributed by atoms with Gasteiger partial charge in [-0.3, -0.25) is 4.79 Å². The van der Waals surface area contributed by atoms with Gasteiger partial charge < -0.3 is 19.1 Å². The van der Waals surface area contributed by atoms with E-state index in [9.17, 15) is 4.79 Å². The molecule has 0 unspecified atom stereocenters. The van der Waals surface area contributed by atoms with Gasteiger partial charge in [-0.2, -0.15) is 0 Å². The van der Waals surface area contributed by atoms with Crippen LogP contribution in [0.15, 0.2) is 53.4 Å². The SMILES string of the molecule is COc1ccc([C@@H]2CC(=O)N(CCSc3ccccc3)C2)cc1O[C@@H]1CCOC1. The third-order valence-corrected chi connectivity index (χ3v) is 6.42. The summed E-state index contributed by atoms with van der Waals surface area (Å²) >= 11 is 1.79. The predicted octanol–water partition coefficient (Wildman–Crippen LogP) is 3.97. The molecule has 2 aromatic rings. The second-order valence-corrected chi connectivity index (χ2v) is 8.58. The van der Waals surface area contributed by atoms with Gasteiger partial charge in [0.25, 0.3) is 0 Å². The summed E-state index contributed by atoms with van der Waals surface area (Å²) < 4.78 is 17.0. The minimum atomic E-state index is 0.0656. The molecule has 2 aromatic carbocycles. The van der Waals surface area contributed by atoms with E-state index in [-0.39, 0.29) is 17.9 Å². The third-order valence-electron chi connectivity index (χ3n) is 5.43. The highest BCUT2D eigenvalue weighted by molar-refractivity contribution is 7.99. The topological polar surface area (TPSA) is 48.0 Å². The number of nitrogens with zero attached hydrogens (tertiary/aromatic N) is 1. The molecule has 5 nitrogen and oxygen atoms in total. The first-order valence-corrected chi connectivity index (χ1v) is 11.1. The van der Waals surface area contributed by atoms with E-state index < -0.39 is 0 Å². The summed E-state index contributed by atoms with van der Waals surface area (Å²) in [6.07, 6.45) is 1.51. The summed E-state index contributed by atoms with van der Waals surface area (Å²) in [5.74, 6) is 2.79. The average Bonchev–Trinajstić information content (AvgIpc) is 3.39. The Balaban J connectivity index is 1.37. The van der Waals surface area contributed by atoms with Gasteiger partial charge in [0.2, 0.25) is 5.91 Å². The number of thioether (sulfide) groups is 1. The molecule has 29 heavy (non-hydrogen) atoms. The van der Waals surface area contributed by atoms with E-state index in [2.05, 4.69) is 18.2 Å². The van der Waals surface area contributed by atoms with Crippen molar-refractivity contribution < 1.29 is 19.0 Å². The lowest BCUT2D eigenvalue weighted by molar-refractivity contribution is -0.127. The maximum atomic E-state index is 12.5. The van der Waals surface area contributed by atoms with Crippen LogP contribution < -0.4 is 9.47 Å². The smallest absolute Gasteiger partial charge is 0.223 e. The number of ether oxygens (including phenoxy) is 3. The van der Waals surface area contributed by atoms with Crippen LogP contribution >= 0.6 is 11.8 Å². The quantitative estimate of drug-likeness (QED) is 0.613. The second-order valence-electron chi connectivity index (χ2n) is 7.42. The van der Waals surface area contributed by atoms with Gasteiger partial charge in [-0.1, -0.05) is 24.3 Å². The fourth-order valence-electron chi connectivity index (χ4n) is 3.83. The number of hydrogen-bond acceptors (Lipinski definition) is 5. The predicted molar refractivity (Wildman–Crippen MR) is 114 cm³/mol. The van der Waals surface area contributed by atoms with Crippen LogP contribution in [0.3, 0.4) is 0 Å². The Labute approximate surface area is 176 Å². The first-order chi connectivity index (χ1) is 14.2. The zero-order valence-corrected chi connectivity index (χ0v) is 17.5. The van der Waals surface area contributed by atoms with Crippen molar-refractivity contribution in [3.63, 3.8) is 0 Å². The Kier molecular flexibility index (Phi) is 6.62. The van der Waals surface area contributed by atoms with Crippen molar-refractivity contribution in [3.8, 4) is 11.5 Å². The number of likely N-dealkylation sites (tertiary alicyclic amines) is 1. The van der Waals surface area contributed by atoms with E-state index >= 15 is 0 Å². The summed E-state index contributed by atoms with van der Waals surface area (Å²) in [5, 5.41) is 0. The van der Waals surface area contributed by atoms with Crippen molar-refractivity contribution in [1.29, 1.82) is 0 Å². The number of methoxy groups -OCH3 is 1. The average molecular weight is 414 g/mol. The summed E-state index contributed by atoms with van der Waals surface area (Å²) in [5.41, 5.74) is 1.13. The van der Waals surface area contributed by atoms with Crippen molar-refractivity contribution >= 4 is 17.7 Å². The zero-order valence-electron chi connectivity index (χ0n) is 16.7. The number of carbonyl (C=O) groups is 1. The molecule has 2 saturated heterocycles. The molecule has 2 fully saturated rings. The number of benzene rings is 2. The number of carbonyl (C=O) groups excluding carboxylic acids is 1. The van der Waals surface area contributed by atoms with Crippen molar-refractivity contribution in [2.75, 3.05) is 39.2 Å². The monoisotopic (exact) mass is 413 g/mol. The normalized spacial score (nSPS) is 21.6. The highest BCUT2D eigenvalue weighted by Gasteiger charge is 2.31. The van der Waals surface area contributed by atoms with Crippen LogP contribution in [-0.4, -0.2) is 56.1 Å². The molecule has 6 heteroatoms. The Morgan fingerprint density at radius 3 is 2.79 bits per heavy atom. The first kappa shape index (κ1) is 20.1. The number of amides is 1. The van der Waals surface area contributed by atoms with Crippen molar-refractivity contribution in [2.24, 2.45) is 0 Å². The van der Waals surface area contributed by atoms with Crippen LogP contribution in [0.5, 0.6) is 11.5 Å². The van der Waals surface area contributed by atoms with Crippen LogP contribution in [0.25, 0.3) is 0 Å². The molecule has 2 atom stereocenters. The Morgan fingerprint density at radius 2 is 2.03 bits per heavy atom. The van der Waals surface area contributed by atoms with E-state index in [1.165, 1.54) is 4.90 Å². The van der Waals surface area contributed by atoms with Gasteiger partial charge in [0, 0.05) is 42.5 Å². The van der Waals surface area contributed by atoms with E-state index in [0.717, 1.165) is 48.9 Å². The molecule has 154 valence electrons. The maximum absolute atomic E-state index is 12.5. The Morgan fingerprint density at radius 1 is 1.17 bits per heavy atom. The fraction of sp³-hybridized carbons (Fsp3) is 0.435. The van der Waals surface area contributed by atoms with E-state index in [0.29, 0.717) is 13.0 Å². The van der Waals surface area contributed by atoms with Crippen molar-refractivity contribution in [1.82, 2.24) is 4.90 Å². The molecule has 0 radical (unpaired) electrons. The van der Waals surface area contributed by atoms with Crippen LogP contribution in [0.1, 0.15) is 24.3 Å². The summed E-state index contributed by atoms with van der Waals surface area (Å²) in [7, 11) is 1.65. The zero-order chi connectivity index (χ0) is 20.1. The molecule has 0 N–H and O–H groups in total. The summed E-state index contributed by atoms with van der Waals surface area (Å²) in [4.78, 5) is 15.8. The first-order valence-electron chi connectivity index (χ1n) is 10.1. The minimum Gasteiger partial charge on any atom is -0.493 e. The summed E-state index contributed by atoms with van der Waals surface area (Å²) in [6, 6.07) is 16.3. The van der Waals surface area contributed by atoms with Crippen molar-refractivity contribution in [3.05, 3.63) is 54.1 Å². The molecule has 2 heterocycles. The molecule has 0 aliphatic carbocycles. The van der Waals surface area contributed by atoms with E-state index in [4.69, 9.17) is 14.2 Å². The molecule has 1 amide bonds. The number of hydrogen-bond donors (Lipinski definition) is 0. The highest BCUT2D eigenvalue weighted by atomic mass is 32.2. The third kappa shape index (κ3) is 5.06. The van der Waals surface area contributed by atoms with Crippen LogP contribution in [0.4, 0.5) is 0 Å². The molecule has 4 rings (SSSR count). The van der Waals surface area contributed by atoms with Gasteiger partial charge in [0.1, 0.15) is 6.10 Å². The van der Waals surface area contributed by atoms with Gasteiger partial charge in [0.15, 0.2) is 11.5 Å². The van der Waals surface area contributed by atoms with Gasteiger partial charge in [0.05, 0.1) is 20.3 Å². The van der Waals surface area contributed by atoms with E-state index in [1.54, 1.807) is 18.9 Å². The lowest BCUT2D eigenvalue weighted by Crippen LogP contribution is -2.27. The molecule has 0 spiro atoms. The molecule has 0 saturated carbocycles. The largest absolute Gasteiger partial charge is 0.493 e. The summed E-state index contributed by atoms with van der Waals surface area (Å²) in [6.45, 7) is 2.88. The van der Waals surface area contributed by atoms with Crippen LogP contribution in [-0.2, 0) is 9.53 Å². The lowest BCUT2D eigenvalue weighted by Gasteiger charge is -2.19. The van der Waals surface area contributed by atoms with Crippen LogP contribution in [0, 0.1) is 0 Å². The van der Waals surface area contributed by atoms with Gasteiger partial charge >= 0.3 is 0 Å². The van der Waals surface area contributed by atoms with E-state index in [1.807, 2.05) is 35.2 Å². The fourth-order valence-corrected chi connectivity index (χ4v) is 4.72. The van der Waals surface area contributed by atoms with Gasteiger partial charge in [-0.05, 0) is 29.8 Å². The van der Waals surface area contributed by atoms with Crippen molar-refractivity contribution in [2.45, 2.75) is 29.8 Å². The molecule has 2 aliphatic rings. The lowest BCUT2D eigenvalue weighted by atomic mass is 9.98. The highest BCUT2D eigenvalue weighted by Crippen LogP contribution is 2.36. The standard InChI is InChI=1S/C23H27NO4S/c1-26-21-8-7-17(13-22(21)28-19-9-11-27-16-19)18-14-23(25)24(15-18)10-12-29-20-5-3-2-4-6-20/h2-8,13,18-19H,9-12,14-16H2,1H3/t18-,19-/m1/s1. The second kappa shape index (κ2) is 9.55. The number of rotatable bonds is 8. The Bertz CT molecular complexity index is 823. The minimum absolute atomic E-state index is 0.0656. The Hall–Kier alpha value is -2.18. The molecular formula is C23H27NO4S. The molecular weight excluding hydrogens is 386 g/mol.